The van der Waals surface area contributed by atoms with Crippen molar-refractivity contribution in [2.75, 3.05) is 18.5 Å². The van der Waals surface area contributed by atoms with Crippen molar-refractivity contribution in [1.82, 2.24) is 25.0 Å². The summed E-state index contributed by atoms with van der Waals surface area (Å²) in [5.74, 6) is 0.681. The molecule has 8 heteroatoms. The van der Waals surface area contributed by atoms with Gasteiger partial charge in [-0.3, -0.25) is 0 Å². The number of nitrogens with one attached hydrogen (secondary N) is 1. The van der Waals surface area contributed by atoms with Gasteiger partial charge in [0.05, 0.1) is 12.6 Å². The summed E-state index contributed by atoms with van der Waals surface area (Å²) in [7, 11) is 0. The molecule has 4 rings (SSSR count). The minimum Gasteiger partial charge on any atom is -0.376 e. The molecule has 0 bridgehead atoms. The zero-order valence-electron chi connectivity index (χ0n) is 13.0. The number of halogens is 1. The van der Waals surface area contributed by atoms with Crippen molar-refractivity contribution in [1.29, 1.82) is 0 Å². The number of hydrogen-bond donors (Lipinski definition) is 1. The Hall–Kier alpha value is -2.25. The maximum atomic E-state index is 6.23. The van der Waals surface area contributed by atoms with E-state index in [1.165, 1.54) is 6.33 Å². The van der Waals surface area contributed by atoms with Gasteiger partial charge < -0.3 is 10.1 Å². The van der Waals surface area contributed by atoms with E-state index in [1.807, 2.05) is 24.3 Å². The van der Waals surface area contributed by atoms with Gasteiger partial charge in [-0.15, -0.1) is 5.10 Å². The van der Waals surface area contributed by atoms with E-state index in [4.69, 9.17) is 16.3 Å². The van der Waals surface area contributed by atoms with Crippen LogP contribution >= 0.6 is 11.6 Å². The summed E-state index contributed by atoms with van der Waals surface area (Å²) in [5, 5.41) is 12.4. The third kappa shape index (κ3) is 3.05. The number of nitrogens with zero attached hydrogens (tertiary/aromatic N) is 5. The van der Waals surface area contributed by atoms with Gasteiger partial charge in [-0.05, 0) is 24.5 Å². The van der Waals surface area contributed by atoms with Crippen LogP contribution in [0, 0.1) is 0 Å². The standard InChI is InChI=1S/C16H17ClN6O/c17-13-6-2-1-4-11(13)9-23-16-14(21-22-23)15(19-10-20-16)18-8-12-5-3-7-24-12/h1-2,4,6,10,12H,3,5,7-9H2,(H,18,19,20)/t12-/m0/s1. The third-order valence-electron chi connectivity index (χ3n) is 4.10. The molecule has 1 aliphatic rings. The minimum absolute atomic E-state index is 0.230. The molecule has 0 spiro atoms. The second-order valence-electron chi connectivity index (χ2n) is 5.75. The SMILES string of the molecule is Clc1ccccc1Cn1nnc2c(NC[C@@H]3CCCO3)ncnc21. The van der Waals surface area contributed by atoms with Crippen molar-refractivity contribution < 1.29 is 4.74 Å². The first-order valence-corrected chi connectivity index (χ1v) is 8.32. The fourth-order valence-electron chi connectivity index (χ4n) is 2.83. The number of anilines is 1. The lowest BCUT2D eigenvalue weighted by Gasteiger charge is -2.11. The van der Waals surface area contributed by atoms with Crippen molar-refractivity contribution >= 4 is 28.6 Å². The number of benzene rings is 1. The summed E-state index contributed by atoms with van der Waals surface area (Å²) in [6, 6.07) is 7.68. The smallest absolute Gasteiger partial charge is 0.184 e. The normalized spacial score (nSPS) is 17.5. The maximum Gasteiger partial charge on any atom is 0.184 e. The highest BCUT2D eigenvalue weighted by molar-refractivity contribution is 6.31. The lowest BCUT2D eigenvalue weighted by atomic mass is 10.2. The van der Waals surface area contributed by atoms with Crippen molar-refractivity contribution in [3.05, 3.63) is 41.2 Å². The van der Waals surface area contributed by atoms with Crippen molar-refractivity contribution in [3.63, 3.8) is 0 Å². The summed E-state index contributed by atoms with van der Waals surface area (Å²) in [5.41, 5.74) is 2.31. The van der Waals surface area contributed by atoms with E-state index >= 15 is 0 Å². The molecular weight excluding hydrogens is 328 g/mol. The van der Waals surface area contributed by atoms with Crippen LogP contribution in [-0.2, 0) is 11.3 Å². The van der Waals surface area contributed by atoms with Gasteiger partial charge in [-0.1, -0.05) is 35.0 Å². The molecule has 0 saturated carbocycles. The first-order valence-electron chi connectivity index (χ1n) is 7.94. The first kappa shape index (κ1) is 15.3. The van der Waals surface area contributed by atoms with E-state index in [0.717, 1.165) is 25.0 Å². The van der Waals surface area contributed by atoms with Crippen LogP contribution < -0.4 is 5.32 Å². The van der Waals surface area contributed by atoms with Gasteiger partial charge >= 0.3 is 0 Å². The Morgan fingerprint density at radius 2 is 2.21 bits per heavy atom. The molecule has 0 amide bonds. The van der Waals surface area contributed by atoms with Crippen LogP contribution in [0.5, 0.6) is 0 Å². The van der Waals surface area contributed by atoms with Crippen molar-refractivity contribution in [2.24, 2.45) is 0 Å². The summed E-state index contributed by atoms with van der Waals surface area (Å²) < 4.78 is 7.35. The zero-order chi connectivity index (χ0) is 16.4. The highest BCUT2D eigenvalue weighted by atomic mass is 35.5. The van der Waals surface area contributed by atoms with Gasteiger partial charge in [0.2, 0.25) is 0 Å². The van der Waals surface area contributed by atoms with E-state index < -0.39 is 0 Å². The van der Waals surface area contributed by atoms with Crippen LogP contribution in [0.4, 0.5) is 5.82 Å². The molecule has 1 aromatic carbocycles. The second-order valence-corrected chi connectivity index (χ2v) is 6.16. The van der Waals surface area contributed by atoms with Crippen LogP contribution in [0.15, 0.2) is 30.6 Å². The van der Waals surface area contributed by atoms with E-state index in [0.29, 0.717) is 35.1 Å². The Balaban J connectivity index is 1.57. The largest absolute Gasteiger partial charge is 0.376 e. The predicted molar refractivity (Wildman–Crippen MR) is 91.1 cm³/mol. The zero-order valence-corrected chi connectivity index (χ0v) is 13.8. The molecule has 2 aromatic heterocycles. The first-order chi connectivity index (χ1) is 11.8. The molecular formula is C16H17ClN6O. The van der Waals surface area contributed by atoms with Crippen LogP contribution in [0.3, 0.4) is 0 Å². The molecule has 1 fully saturated rings. The van der Waals surface area contributed by atoms with Crippen LogP contribution in [0.2, 0.25) is 5.02 Å². The van der Waals surface area contributed by atoms with E-state index in [1.54, 1.807) is 4.68 Å². The van der Waals surface area contributed by atoms with Gasteiger partial charge in [0, 0.05) is 18.2 Å². The molecule has 0 unspecified atom stereocenters. The summed E-state index contributed by atoms with van der Waals surface area (Å²) in [6.07, 6.45) is 3.93. The highest BCUT2D eigenvalue weighted by Crippen LogP contribution is 2.21. The number of rotatable bonds is 5. The van der Waals surface area contributed by atoms with E-state index in [9.17, 15) is 0 Å². The lowest BCUT2D eigenvalue weighted by molar-refractivity contribution is 0.120. The molecule has 1 N–H and O–H groups in total. The monoisotopic (exact) mass is 344 g/mol. The maximum absolute atomic E-state index is 6.23. The molecule has 1 atom stereocenters. The topological polar surface area (TPSA) is 77.8 Å². The molecule has 24 heavy (non-hydrogen) atoms. The van der Waals surface area contributed by atoms with Crippen LogP contribution in [0.25, 0.3) is 11.2 Å². The van der Waals surface area contributed by atoms with Crippen LogP contribution in [0.1, 0.15) is 18.4 Å². The summed E-state index contributed by atoms with van der Waals surface area (Å²) >= 11 is 6.23. The van der Waals surface area contributed by atoms with Crippen molar-refractivity contribution in [3.8, 4) is 0 Å². The van der Waals surface area contributed by atoms with Gasteiger partial charge in [0.1, 0.15) is 6.33 Å². The Kier molecular flexibility index (Phi) is 4.27. The van der Waals surface area contributed by atoms with Crippen LogP contribution in [-0.4, -0.2) is 44.2 Å². The minimum atomic E-state index is 0.230. The van der Waals surface area contributed by atoms with Gasteiger partial charge in [-0.25, -0.2) is 14.6 Å². The van der Waals surface area contributed by atoms with Crippen molar-refractivity contribution in [2.45, 2.75) is 25.5 Å². The molecule has 0 aliphatic carbocycles. The number of fused-ring (bicyclic) bond motifs is 1. The Morgan fingerprint density at radius 1 is 1.29 bits per heavy atom. The fourth-order valence-corrected chi connectivity index (χ4v) is 3.03. The third-order valence-corrected chi connectivity index (χ3v) is 4.47. The number of ether oxygens (including phenoxy) is 1. The average molecular weight is 345 g/mol. The summed E-state index contributed by atoms with van der Waals surface area (Å²) in [4.78, 5) is 8.61. The number of aromatic nitrogens is 5. The predicted octanol–water partition coefficient (Wildman–Crippen LogP) is 2.51. The fraction of sp³-hybridized carbons (Fsp3) is 0.375. The molecule has 1 saturated heterocycles. The van der Waals surface area contributed by atoms with Gasteiger partial charge in [0.25, 0.3) is 0 Å². The van der Waals surface area contributed by atoms with Gasteiger partial charge in [0.15, 0.2) is 17.0 Å². The van der Waals surface area contributed by atoms with E-state index in [-0.39, 0.29) is 6.10 Å². The highest BCUT2D eigenvalue weighted by Gasteiger charge is 2.17. The van der Waals surface area contributed by atoms with Gasteiger partial charge in [-0.2, -0.15) is 0 Å². The van der Waals surface area contributed by atoms with E-state index in [2.05, 4.69) is 25.6 Å². The Labute approximate surface area is 144 Å². The Bertz CT molecular complexity index is 845. The quantitative estimate of drug-likeness (QED) is 0.766. The molecule has 7 nitrogen and oxygen atoms in total. The molecule has 0 radical (unpaired) electrons. The molecule has 124 valence electrons. The molecule has 3 aromatic rings. The lowest BCUT2D eigenvalue weighted by Crippen LogP contribution is -2.19. The average Bonchev–Trinajstić information content (AvgIpc) is 3.25. The number of hydrogen-bond acceptors (Lipinski definition) is 6. The molecule has 3 heterocycles. The molecule has 1 aliphatic heterocycles. The Morgan fingerprint density at radius 3 is 3.04 bits per heavy atom. The second kappa shape index (κ2) is 6.70. The summed E-state index contributed by atoms with van der Waals surface area (Å²) in [6.45, 7) is 2.06.